The molecule has 1 aliphatic carbocycles. The van der Waals surface area contributed by atoms with Gasteiger partial charge in [-0.2, -0.15) is 0 Å². The largest absolute Gasteiger partial charge is 0.460 e. The van der Waals surface area contributed by atoms with Crippen LogP contribution < -0.4 is 5.32 Å². The van der Waals surface area contributed by atoms with Crippen LogP contribution >= 0.6 is 0 Å². The van der Waals surface area contributed by atoms with Crippen molar-refractivity contribution in [3.63, 3.8) is 0 Å². The number of rotatable bonds is 5. The van der Waals surface area contributed by atoms with E-state index in [-0.39, 0.29) is 0 Å². The molecule has 1 aromatic heterocycles. The number of furan rings is 1. The van der Waals surface area contributed by atoms with Gasteiger partial charge in [0.1, 0.15) is 11.5 Å². The molecule has 100 valence electrons. The summed E-state index contributed by atoms with van der Waals surface area (Å²) in [5, 5.41) is 3.28. The van der Waals surface area contributed by atoms with Crippen LogP contribution in [-0.2, 0) is 6.54 Å². The molecule has 0 amide bonds. The first-order chi connectivity index (χ1) is 9.36. The minimum Gasteiger partial charge on any atom is -0.460 e. The maximum Gasteiger partial charge on any atom is 0.134 e. The van der Waals surface area contributed by atoms with Gasteiger partial charge in [-0.1, -0.05) is 31.5 Å². The van der Waals surface area contributed by atoms with E-state index in [2.05, 4.69) is 48.6 Å². The van der Waals surface area contributed by atoms with Gasteiger partial charge >= 0.3 is 0 Å². The van der Waals surface area contributed by atoms with E-state index in [1.807, 2.05) is 0 Å². The molecule has 0 saturated heterocycles. The van der Waals surface area contributed by atoms with E-state index in [0.29, 0.717) is 0 Å². The highest BCUT2D eigenvalue weighted by atomic mass is 16.3. The standard InChI is InChI=1S/C17H21NO/c1-2-18-12-16-9-10-17(19-16)15-8-4-7-14(11-15)13-5-3-6-13/h4,7-11,13,18H,2-3,5-6,12H2,1H3. The van der Waals surface area contributed by atoms with Gasteiger partial charge in [0.2, 0.25) is 0 Å². The maximum atomic E-state index is 5.90. The first-order valence-electron chi connectivity index (χ1n) is 7.26. The fourth-order valence-corrected chi connectivity index (χ4v) is 2.56. The van der Waals surface area contributed by atoms with Crippen molar-refractivity contribution >= 4 is 0 Å². The summed E-state index contributed by atoms with van der Waals surface area (Å²) in [5.41, 5.74) is 2.67. The van der Waals surface area contributed by atoms with Gasteiger partial charge in [-0.25, -0.2) is 0 Å². The lowest BCUT2D eigenvalue weighted by atomic mass is 9.79. The van der Waals surface area contributed by atoms with Gasteiger partial charge in [-0.15, -0.1) is 0 Å². The SMILES string of the molecule is CCNCc1ccc(-c2cccc(C3CCC3)c2)o1. The molecule has 0 unspecified atom stereocenters. The van der Waals surface area contributed by atoms with Crippen LogP contribution in [0.4, 0.5) is 0 Å². The normalized spacial score (nSPS) is 15.4. The summed E-state index contributed by atoms with van der Waals surface area (Å²) in [6, 6.07) is 13.0. The van der Waals surface area contributed by atoms with Crippen LogP contribution in [0.2, 0.25) is 0 Å². The lowest BCUT2D eigenvalue weighted by Crippen LogP contribution is -2.10. The van der Waals surface area contributed by atoms with Crippen LogP contribution in [0.1, 0.15) is 43.4 Å². The summed E-state index contributed by atoms with van der Waals surface area (Å²) in [6.07, 6.45) is 4.06. The Morgan fingerprint density at radius 1 is 1.21 bits per heavy atom. The fraction of sp³-hybridized carbons (Fsp3) is 0.412. The van der Waals surface area contributed by atoms with Gasteiger partial charge in [0.05, 0.1) is 6.54 Å². The Bertz CT molecular complexity index is 540. The second-order valence-corrected chi connectivity index (χ2v) is 5.30. The lowest BCUT2D eigenvalue weighted by Gasteiger charge is -2.26. The molecule has 3 rings (SSSR count). The highest BCUT2D eigenvalue weighted by Gasteiger charge is 2.19. The minimum absolute atomic E-state index is 0.774. The molecule has 0 spiro atoms. The number of nitrogens with one attached hydrogen (secondary N) is 1. The highest BCUT2D eigenvalue weighted by molar-refractivity contribution is 5.59. The van der Waals surface area contributed by atoms with E-state index in [1.165, 1.54) is 30.4 Å². The van der Waals surface area contributed by atoms with Gasteiger partial charge < -0.3 is 9.73 Å². The van der Waals surface area contributed by atoms with E-state index < -0.39 is 0 Å². The van der Waals surface area contributed by atoms with Gasteiger partial charge in [0, 0.05) is 5.56 Å². The predicted octanol–water partition coefficient (Wildman–Crippen LogP) is 4.32. The molecule has 1 heterocycles. The zero-order valence-corrected chi connectivity index (χ0v) is 11.5. The van der Waals surface area contributed by atoms with Crippen molar-refractivity contribution in [3.05, 3.63) is 47.7 Å². The van der Waals surface area contributed by atoms with E-state index in [4.69, 9.17) is 4.42 Å². The first-order valence-corrected chi connectivity index (χ1v) is 7.26. The summed E-state index contributed by atoms with van der Waals surface area (Å²) < 4.78 is 5.90. The Morgan fingerprint density at radius 3 is 2.84 bits per heavy atom. The van der Waals surface area contributed by atoms with Crippen molar-refractivity contribution in [1.29, 1.82) is 0 Å². The van der Waals surface area contributed by atoms with E-state index in [9.17, 15) is 0 Å². The fourth-order valence-electron chi connectivity index (χ4n) is 2.56. The Labute approximate surface area is 114 Å². The van der Waals surface area contributed by atoms with Gasteiger partial charge in [-0.05, 0) is 49.1 Å². The van der Waals surface area contributed by atoms with Crippen molar-refractivity contribution in [2.45, 2.75) is 38.6 Å². The molecule has 2 heteroatoms. The molecule has 0 bridgehead atoms. The predicted molar refractivity (Wildman–Crippen MR) is 78.1 cm³/mol. The Kier molecular flexibility index (Phi) is 3.69. The molecular weight excluding hydrogens is 234 g/mol. The van der Waals surface area contributed by atoms with Crippen LogP contribution in [0.3, 0.4) is 0 Å². The molecule has 1 aliphatic rings. The summed E-state index contributed by atoms with van der Waals surface area (Å²) >= 11 is 0. The molecule has 1 N–H and O–H groups in total. The summed E-state index contributed by atoms with van der Waals surface area (Å²) in [4.78, 5) is 0. The molecule has 1 aromatic carbocycles. The molecular formula is C17H21NO. The van der Waals surface area contributed by atoms with Crippen molar-refractivity contribution in [3.8, 4) is 11.3 Å². The average Bonchev–Trinajstić information content (AvgIpc) is 2.83. The molecule has 0 aliphatic heterocycles. The second kappa shape index (κ2) is 5.62. The number of hydrogen-bond acceptors (Lipinski definition) is 2. The van der Waals surface area contributed by atoms with E-state index in [0.717, 1.165) is 30.5 Å². The zero-order chi connectivity index (χ0) is 13.1. The van der Waals surface area contributed by atoms with Gasteiger partial charge in [-0.3, -0.25) is 0 Å². The van der Waals surface area contributed by atoms with Crippen LogP contribution in [-0.4, -0.2) is 6.54 Å². The molecule has 0 atom stereocenters. The number of hydrogen-bond donors (Lipinski definition) is 1. The van der Waals surface area contributed by atoms with Gasteiger partial charge in [0.25, 0.3) is 0 Å². The molecule has 2 aromatic rings. The minimum atomic E-state index is 0.774. The monoisotopic (exact) mass is 255 g/mol. The summed E-state index contributed by atoms with van der Waals surface area (Å²) in [7, 11) is 0. The zero-order valence-electron chi connectivity index (χ0n) is 11.5. The van der Waals surface area contributed by atoms with Crippen molar-refractivity contribution in [2.24, 2.45) is 0 Å². The van der Waals surface area contributed by atoms with Crippen LogP contribution in [0, 0.1) is 0 Å². The highest BCUT2D eigenvalue weighted by Crippen LogP contribution is 2.37. The molecule has 1 fully saturated rings. The Balaban J connectivity index is 1.78. The molecule has 1 saturated carbocycles. The van der Waals surface area contributed by atoms with Gasteiger partial charge in [0.15, 0.2) is 0 Å². The van der Waals surface area contributed by atoms with Crippen LogP contribution in [0.25, 0.3) is 11.3 Å². The van der Waals surface area contributed by atoms with Crippen molar-refractivity contribution in [1.82, 2.24) is 5.32 Å². The number of benzene rings is 1. The maximum absolute atomic E-state index is 5.90. The van der Waals surface area contributed by atoms with Crippen LogP contribution in [0.15, 0.2) is 40.8 Å². The molecule has 0 radical (unpaired) electrons. The van der Waals surface area contributed by atoms with E-state index >= 15 is 0 Å². The van der Waals surface area contributed by atoms with Crippen molar-refractivity contribution < 1.29 is 4.42 Å². The third-order valence-corrected chi connectivity index (χ3v) is 3.96. The Hall–Kier alpha value is -1.54. The summed E-state index contributed by atoms with van der Waals surface area (Å²) in [5.74, 6) is 2.76. The average molecular weight is 255 g/mol. The second-order valence-electron chi connectivity index (χ2n) is 5.30. The smallest absolute Gasteiger partial charge is 0.134 e. The summed E-state index contributed by atoms with van der Waals surface area (Å²) in [6.45, 7) is 3.87. The van der Waals surface area contributed by atoms with Crippen LogP contribution in [0.5, 0.6) is 0 Å². The Morgan fingerprint density at radius 2 is 2.11 bits per heavy atom. The third-order valence-electron chi connectivity index (χ3n) is 3.96. The third kappa shape index (κ3) is 2.74. The van der Waals surface area contributed by atoms with Crippen molar-refractivity contribution in [2.75, 3.05) is 6.54 Å². The quantitative estimate of drug-likeness (QED) is 0.860. The molecule has 2 nitrogen and oxygen atoms in total. The first kappa shape index (κ1) is 12.5. The topological polar surface area (TPSA) is 25.2 Å². The van der Waals surface area contributed by atoms with E-state index in [1.54, 1.807) is 0 Å². The molecule has 19 heavy (non-hydrogen) atoms. The lowest BCUT2D eigenvalue weighted by molar-refractivity contribution is 0.419.